The van der Waals surface area contributed by atoms with Crippen LogP contribution in [0.1, 0.15) is 16.2 Å². The molecule has 0 saturated carbocycles. The van der Waals surface area contributed by atoms with Gasteiger partial charge in [0.2, 0.25) is 0 Å². The molecule has 1 N–H and O–H groups in total. The molecule has 1 aromatic heterocycles. The van der Waals surface area contributed by atoms with Crippen LogP contribution in [-0.4, -0.2) is 27.7 Å². The quantitative estimate of drug-likeness (QED) is 0.660. The van der Waals surface area contributed by atoms with Crippen molar-refractivity contribution in [1.29, 1.82) is 0 Å². The number of methoxy groups -OCH3 is 1. The highest BCUT2D eigenvalue weighted by atomic mass is 79.9. The van der Waals surface area contributed by atoms with E-state index in [4.69, 9.17) is 4.74 Å². The second-order valence-electron chi connectivity index (χ2n) is 4.47. The van der Waals surface area contributed by atoms with Crippen LogP contribution < -0.4 is 10.1 Å². The van der Waals surface area contributed by atoms with Gasteiger partial charge >= 0.3 is 0 Å². The number of nitrogens with one attached hydrogen (secondary N) is 1. The summed E-state index contributed by atoms with van der Waals surface area (Å²) in [6.45, 7) is 1.80. The summed E-state index contributed by atoms with van der Waals surface area (Å²) >= 11 is 3.29. The molecule has 1 heterocycles. The van der Waals surface area contributed by atoms with Crippen molar-refractivity contribution in [3.05, 3.63) is 44.2 Å². The summed E-state index contributed by atoms with van der Waals surface area (Å²) in [5, 5.41) is 17.7. The van der Waals surface area contributed by atoms with Crippen LogP contribution in [0, 0.1) is 17.0 Å². The fraction of sp³-hybridized carbons (Fsp3) is 0.231. The molecule has 0 radical (unpaired) electrons. The van der Waals surface area contributed by atoms with E-state index >= 15 is 0 Å². The molecule has 0 spiro atoms. The number of hydrogen-bond donors (Lipinski definition) is 1. The predicted octanol–water partition coefficient (Wildman–Crippen LogP) is 2.66. The average Bonchev–Trinajstić information content (AvgIpc) is 2.75. The highest BCUT2D eigenvalue weighted by molar-refractivity contribution is 9.10. The van der Waals surface area contributed by atoms with Gasteiger partial charge in [-0.25, -0.2) is 0 Å². The fourth-order valence-electron chi connectivity index (χ4n) is 1.80. The van der Waals surface area contributed by atoms with E-state index in [0.29, 0.717) is 10.2 Å². The fourth-order valence-corrected chi connectivity index (χ4v) is 2.32. The lowest BCUT2D eigenvalue weighted by molar-refractivity contribution is -0.384. The molecule has 2 rings (SSSR count). The number of anilines is 1. The Balaban J connectivity index is 2.36. The molecule has 0 unspecified atom stereocenters. The zero-order valence-corrected chi connectivity index (χ0v) is 13.7. The van der Waals surface area contributed by atoms with Gasteiger partial charge in [-0.2, -0.15) is 5.10 Å². The van der Waals surface area contributed by atoms with E-state index in [1.54, 1.807) is 18.7 Å². The summed E-state index contributed by atoms with van der Waals surface area (Å²) in [7, 11) is 3.11. The molecule has 0 atom stereocenters. The first-order chi connectivity index (χ1) is 10.3. The van der Waals surface area contributed by atoms with Gasteiger partial charge in [0.1, 0.15) is 11.4 Å². The van der Waals surface area contributed by atoms with Crippen LogP contribution in [0.2, 0.25) is 0 Å². The van der Waals surface area contributed by atoms with Crippen LogP contribution >= 0.6 is 15.9 Å². The number of aromatic nitrogens is 2. The normalized spacial score (nSPS) is 10.4. The Labute approximate surface area is 134 Å². The Hall–Kier alpha value is -2.42. The second kappa shape index (κ2) is 6.14. The summed E-state index contributed by atoms with van der Waals surface area (Å²) in [6.07, 6.45) is 0. The monoisotopic (exact) mass is 368 g/mol. The molecule has 2 aromatic rings. The van der Waals surface area contributed by atoms with Gasteiger partial charge in [0.25, 0.3) is 11.6 Å². The van der Waals surface area contributed by atoms with Crippen LogP contribution in [-0.2, 0) is 7.05 Å². The molecule has 0 saturated heterocycles. The number of aryl methyl sites for hydroxylation is 1. The minimum Gasteiger partial charge on any atom is -0.496 e. The molecule has 0 bridgehead atoms. The summed E-state index contributed by atoms with van der Waals surface area (Å²) in [5.74, 6) is -0.205. The third kappa shape index (κ3) is 2.93. The Morgan fingerprint density at radius 1 is 1.50 bits per heavy atom. The third-order valence-electron chi connectivity index (χ3n) is 3.13. The van der Waals surface area contributed by atoms with Gasteiger partial charge in [0.15, 0.2) is 5.69 Å². The molecular formula is C13H13BrN4O4. The Kier molecular flexibility index (Phi) is 4.45. The van der Waals surface area contributed by atoms with Gasteiger partial charge in [-0.15, -0.1) is 0 Å². The van der Waals surface area contributed by atoms with Crippen molar-refractivity contribution in [3.8, 4) is 5.75 Å². The number of hydrogen-bond acceptors (Lipinski definition) is 5. The number of nitro groups is 1. The zero-order chi connectivity index (χ0) is 16.4. The smallest absolute Gasteiger partial charge is 0.296 e. The number of ether oxygens (including phenoxy) is 1. The summed E-state index contributed by atoms with van der Waals surface area (Å²) in [4.78, 5) is 22.8. The van der Waals surface area contributed by atoms with Gasteiger partial charge < -0.3 is 10.1 Å². The highest BCUT2D eigenvalue weighted by Crippen LogP contribution is 2.30. The minimum atomic E-state index is -0.586. The molecule has 0 aliphatic carbocycles. The first kappa shape index (κ1) is 16.0. The number of amides is 1. The molecule has 1 aromatic carbocycles. The molecule has 9 heteroatoms. The lowest BCUT2D eigenvalue weighted by atomic mass is 10.2. The molecule has 116 valence electrons. The number of benzene rings is 1. The number of rotatable bonds is 4. The van der Waals surface area contributed by atoms with Crippen LogP contribution in [0.5, 0.6) is 5.75 Å². The van der Waals surface area contributed by atoms with E-state index in [0.717, 1.165) is 5.69 Å². The van der Waals surface area contributed by atoms with Crippen molar-refractivity contribution in [1.82, 2.24) is 9.78 Å². The van der Waals surface area contributed by atoms with Gasteiger partial charge in [-0.1, -0.05) is 0 Å². The van der Waals surface area contributed by atoms with Crippen molar-refractivity contribution in [2.75, 3.05) is 12.4 Å². The van der Waals surface area contributed by atoms with Crippen molar-refractivity contribution in [2.45, 2.75) is 6.92 Å². The third-order valence-corrected chi connectivity index (χ3v) is 4.08. The first-order valence-electron chi connectivity index (χ1n) is 6.18. The van der Waals surface area contributed by atoms with E-state index in [-0.39, 0.29) is 17.1 Å². The number of halogens is 1. The molecule has 0 aliphatic rings. The Morgan fingerprint density at radius 3 is 2.68 bits per heavy atom. The molecule has 0 fully saturated rings. The minimum absolute atomic E-state index is 0.0750. The predicted molar refractivity (Wildman–Crippen MR) is 83.2 cm³/mol. The Morgan fingerprint density at radius 2 is 2.18 bits per heavy atom. The van der Waals surface area contributed by atoms with E-state index in [2.05, 4.69) is 26.3 Å². The highest BCUT2D eigenvalue weighted by Gasteiger charge is 2.22. The van der Waals surface area contributed by atoms with Crippen LogP contribution in [0.25, 0.3) is 0 Å². The standard InChI is InChI=1S/C13H13BrN4O4/c1-7-11(14)12(16-17(7)2)13(19)15-9-5-4-8(22-3)6-10(9)18(20)21/h4-6H,1-3H3,(H,15,19). The van der Waals surface area contributed by atoms with Crippen molar-refractivity contribution in [2.24, 2.45) is 7.05 Å². The molecule has 0 aliphatic heterocycles. The van der Waals surface area contributed by atoms with Crippen molar-refractivity contribution >= 4 is 33.2 Å². The number of nitro benzene ring substituents is 1. The van der Waals surface area contributed by atoms with Gasteiger partial charge in [-0.3, -0.25) is 19.6 Å². The summed E-state index contributed by atoms with van der Waals surface area (Å²) in [5.41, 5.74) is 0.752. The molecule has 8 nitrogen and oxygen atoms in total. The second-order valence-corrected chi connectivity index (χ2v) is 5.26. The van der Waals surface area contributed by atoms with Crippen LogP contribution in [0.3, 0.4) is 0 Å². The molecule has 1 amide bonds. The van der Waals surface area contributed by atoms with E-state index in [1.807, 2.05) is 0 Å². The maximum atomic E-state index is 12.3. The van der Waals surface area contributed by atoms with Gasteiger partial charge in [-0.05, 0) is 35.0 Å². The molecular weight excluding hydrogens is 356 g/mol. The lowest BCUT2D eigenvalue weighted by Gasteiger charge is -2.06. The molecule has 22 heavy (non-hydrogen) atoms. The van der Waals surface area contributed by atoms with Gasteiger partial charge in [0, 0.05) is 7.05 Å². The van der Waals surface area contributed by atoms with Crippen LogP contribution in [0.15, 0.2) is 22.7 Å². The van der Waals surface area contributed by atoms with Gasteiger partial charge in [0.05, 0.1) is 28.3 Å². The lowest BCUT2D eigenvalue weighted by Crippen LogP contribution is -2.14. The topological polar surface area (TPSA) is 99.3 Å². The number of carbonyl (C=O) groups excluding carboxylic acids is 1. The largest absolute Gasteiger partial charge is 0.496 e. The van der Waals surface area contributed by atoms with E-state index in [1.165, 1.54) is 25.3 Å². The zero-order valence-electron chi connectivity index (χ0n) is 12.1. The van der Waals surface area contributed by atoms with E-state index in [9.17, 15) is 14.9 Å². The maximum Gasteiger partial charge on any atom is 0.296 e. The number of nitrogens with zero attached hydrogens (tertiary/aromatic N) is 3. The maximum absolute atomic E-state index is 12.3. The van der Waals surface area contributed by atoms with Crippen molar-refractivity contribution < 1.29 is 14.5 Å². The number of carbonyl (C=O) groups is 1. The SMILES string of the molecule is COc1ccc(NC(=O)c2nn(C)c(C)c2Br)c([N+](=O)[O-])c1. The summed E-state index contributed by atoms with van der Waals surface area (Å²) < 4.78 is 7.04. The average molecular weight is 369 g/mol. The van der Waals surface area contributed by atoms with Crippen LogP contribution in [0.4, 0.5) is 11.4 Å². The van der Waals surface area contributed by atoms with E-state index < -0.39 is 10.8 Å². The Bertz CT molecular complexity index is 757. The van der Waals surface area contributed by atoms with Crippen molar-refractivity contribution in [3.63, 3.8) is 0 Å². The summed E-state index contributed by atoms with van der Waals surface area (Å²) in [6, 6.07) is 4.19. The first-order valence-corrected chi connectivity index (χ1v) is 6.97.